The maximum absolute atomic E-state index is 13.3. The lowest BCUT2D eigenvalue weighted by Gasteiger charge is -2.34. The maximum atomic E-state index is 13.3. The van der Waals surface area contributed by atoms with Gasteiger partial charge in [0.1, 0.15) is 0 Å². The van der Waals surface area contributed by atoms with Crippen molar-refractivity contribution in [2.24, 2.45) is 0 Å². The molecule has 5 nitrogen and oxygen atoms in total. The summed E-state index contributed by atoms with van der Waals surface area (Å²) >= 11 is 0. The van der Waals surface area contributed by atoms with E-state index in [-0.39, 0.29) is 18.2 Å². The molecule has 25 heavy (non-hydrogen) atoms. The van der Waals surface area contributed by atoms with Gasteiger partial charge in [0.05, 0.1) is 25.0 Å². The molecule has 0 saturated heterocycles. The van der Waals surface area contributed by atoms with Crippen molar-refractivity contribution in [3.63, 3.8) is 0 Å². The lowest BCUT2D eigenvalue weighted by Crippen LogP contribution is -2.52. The van der Waals surface area contributed by atoms with Crippen LogP contribution in [0.3, 0.4) is 0 Å². The molecule has 0 radical (unpaired) electrons. The molecule has 1 aliphatic heterocycles. The molecule has 0 aliphatic carbocycles. The molecule has 2 atom stereocenters. The number of nitrogens with one attached hydrogen (secondary N) is 1. The van der Waals surface area contributed by atoms with Crippen LogP contribution < -0.4 is 10.2 Å². The molecule has 0 bridgehead atoms. The van der Waals surface area contributed by atoms with Gasteiger partial charge in [-0.3, -0.25) is 15.1 Å². The highest BCUT2D eigenvalue weighted by molar-refractivity contribution is 5.94. The van der Waals surface area contributed by atoms with Gasteiger partial charge in [-0.15, -0.1) is 0 Å². The van der Waals surface area contributed by atoms with Gasteiger partial charge in [0.2, 0.25) is 0 Å². The van der Waals surface area contributed by atoms with E-state index in [4.69, 9.17) is 4.84 Å². The van der Waals surface area contributed by atoms with Crippen LogP contribution in [0.15, 0.2) is 54.6 Å². The Hall–Kier alpha value is -2.37. The number of anilines is 1. The lowest BCUT2D eigenvalue weighted by atomic mass is 9.98. The first kappa shape index (κ1) is 17.5. The summed E-state index contributed by atoms with van der Waals surface area (Å²) in [6.07, 6.45) is 0.570. The van der Waals surface area contributed by atoms with Gasteiger partial charge in [-0.25, -0.2) is 4.79 Å². The number of carbonyl (C=O) groups excluding carboxylic acids is 1. The number of rotatable bonds is 5. The molecule has 0 aromatic heterocycles. The third-order valence-electron chi connectivity index (χ3n) is 4.61. The van der Waals surface area contributed by atoms with Gasteiger partial charge < -0.3 is 0 Å². The normalized spacial score (nSPS) is 18.7. The number of para-hydroxylation sites is 1. The molecule has 132 valence electrons. The number of hydrogen-bond acceptors (Lipinski definition) is 3. The number of amides is 2. The van der Waals surface area contributed by atoms with Crippen molar-refractivity contribution in [2.45, 2.75) is 32.5 Å². The van der Waals surface area contributed by atoms with E-state index in [0.717, 1.165) is 23.4 Å². The fourth-order valence-corrected chi connectivity index (χ4v) is 3.45. The van der Waals surface area contributed by atoms with Crippen LogP contribution in [0.5, 0.6) is 0 Å². The SMILES string of the molecule is CCNC(C)N1C(=O)N(OC)C(c2ccccc2)Cc2ccccc21. The highest BCUT2D eigenvalue weighted by Gasteiger charge is 2.37. The van der Waals surface area contributed by atoms with Crippen molar-refractivity contribution >= 4 is 11.7 Å². The van der Waals surface area contributed by atoms with Crippen LogP contribution in [0.25, 0.3) is 0 Å². The molecule has 2 aromatic rings. The topological polar surface area (TPSA) is 44.8 Å². The molecule has 3 rings (SSSR count). The zero-order valence-electron chi connectivity index (χ0n) is 15.0. The number of hydrogen-bond donors (Lipinski definition) is 1. The Bertz CT molecular complexity index is 720. The molecule has 1 aliphatic rings. The van der Waals surface area contributed by atoms with E-state index in [2.05, 4.69) is 11.4 Å². The zero-order chi connectivity index (χ0) is 17.8. The van der Waals surface area contributed by atoms with E-state index in [1.54, 1.807) is 12.0 Å². The van der Waals surface area contributed by atoms with Crippen LogP contribution in [-0.4, -0.2) is 30.9 Å². The van der Waals surface area contributed by atoms with Gasteiger partial charge in [-0.2, -0.15) is 5.06 Å². The summed E-state index contributed by atoms with van der Waals surface area (Å²) in [6.45, 7) is 4.81. The fraction of sp³-hybridized carbons (Fsp3) is 0.350. The van der Waals surface area contributed by atoms with Gasteiger partial charge >= 0.3 is 6.03 Å². The summed E-state index contributed by atoms with van der Waals surface area (Å²) in [5.41, 5.74) is 3.13. The second kappa shape index (κ2) is 7.68. The maximum Gasteiger partial charge on any atom is 0.350 e. The summed E-state index contributed by atoms with van der Waals surface area (Å²) in [6, 6.07) is 17.8. The summed E-state index contributed by atoms with van der Waals surface area (Å²) in [5.74, 6) is 0. The molecule has 5 heteroatoms. The van der Waals surface area contributed by atoms with Gasteiger partial charge in [0.25, 0.3) is 0 Å². The van der Waals surface area contributed by atoms with E-state index >= 15 is 0 Å². The molecular weight excluding hydrogens is 314 g/mol. The first-order valence-corrected chi connectivity index (χ1v) is 8.70. The van der Waals surface area contributed by atoms with Crippen molar-refractivity contribution in [1.29, 1.82) is 0 Å². The first-order valence-electron chi connectivity index (χ1n) is 8.70. The Morgan fingerprint density at radius 2 is 1.84 bits per heavy atom. The number of urea groups is 1. The number of hydroxylamine groups is 2. The Labute approximate surface area is 149 Å². The molecule has 2 aromatic carbocycles. The fourth-order valence-electron chi connectivity index (χ4n) is 3.45. The van der Waals surface area contributed by atoms with Crippen molar-refractivity contribution in [1.82, 2.24) is 10.4 Å². The van der Waals surface area contributed by atoms with Gasteiger partial charge in [0.15, 0.2) is 0 Å². The van der Waals surface area contributed by atoms with Crippen LogP contribution in [0.2, 0.25) is 0 Å². The first-order chi connectivity index (χ1) is 12.2. The second-order valence-electron chi connectivity index (χ2n) is 6.15. The summed E-state index contributed by atoms with van der Waals surface area (Å²) in [5, 5.41) is 4.83. The summed E-state index contributed by atoms with van der Waals surface area (Å²) < 4.78 is 0. The highest BCUT2D eigenvalue weighted by atomic mass is 16.7. The average Bonchev–Trinajstić information content (AvgIpc) is 2.76. The smallest absolute Gasteiger partial charge is 0.297 e. The minimum Gasteiger partial charge on any atom is -0.297 e. The Balaban J connectivity index is 2.09. The van der Waals surface area contributed by atoms with Crippen molar-refractivity contribution in [2.75, 3.05) is 18.6 Å². The van der Waals surface area contributed by atoms with Gasteiger partial charge in [0, 0.05) is 6.42 Å². The molecule has 0 saturated carbocycles. The van der Waals surface area contributed by atoms with Crippen molar-refractivity contribution in [3.05, 3.63) is 65.7 Å². The molecule has 2 unspecified atom stereocenters. The van der Waals surface area contributed by atoms with E-state index in [0.29, 0.717) is 6.42 Å². The highest BCUT2D eigenvalue weighted by Crippen LogP contribution is 2.35. The largest absolute Gasteiger partial charge is 0.350 e. The van der Waals surface area contributed by atoms with Crippen LogP contribution in [0.4, 0.5) is 10.5 Å². The number of nitrogens with zero attached hydrogens (tertiary/aromatic N) is 2. The number of fused-ring (bicyclic) bond motifs is 1. The van der Waals surface area contributed by atoms with Crippen LogP contribution in [-0.2, 0) is 11.3 Å². The Morgan fingerprint density at radius 3 is 2.52 bits per heavy atom. The molecule has 0 fully saturated rings. The molecule has 2 amide bonds. The Kier molecular flexibility index (Phi) is 5.36. The third kappa shape index (κ3) is 3.38. The van der Waals surface area contributed by atoms with Gasteiger partial charge in [-0.05, 0) is 30.7 Å². The standard InChI is InChI=1S/C20H25N3O2/c1-4-21-15(2)22-18-13-9-8-12-17(18)14-19(23(25-3)20(22)24)16-10-6-5-7-11-16/h5-13,15,19,21H,4,14H2,1-3H3. The van der Waals surface area contributed by atoms with Crippen LogP contribution in [0.1, 0.15) is 31.0 Å². The average molecular weight is 339 g/mol. The lowest BCUT2D eigenvalue weighted by molar-refractivity contribution is -0.115. The minimum atomic E-state index is -0.168. The molecular formula is C20H25N3O2. The van der Waals surface area contributed by atoms with Crippen LogP contribution in [0, 0.1) is 0 Å². The zero-order valence-corrected chi connectivity index (χ0v) is 15.0. The predicted molar refractivity (Wildman–Crippen MR) is 99.2 cm³/mol. The molecule has 0 spiro atoms. The summed E-state index contributed by atoms with van der Waals surface area (Å²) in [7, 11) is 1.56. The van der Waals surface area contributed by atoms with E-state index < -0.39 is 0 Å². The van der Waals surface area contributed by atoms with E-state index in [1.165, 1.54) is 5.06 Å². The monoisotopic (exact) mass is 339 g/mol. The van der Waals surface area contributed by atoms with E-state index in [1.807, 2.05) is 62.4 Å². The van der Waals surface area contributed by atoms with Crippen LogP contribution >= 0.6 is 0 Å². The number of benzene rings is 2. The minimum absolute atomic E-state index is 0.133. The summed E-state index contributed by atoms with van der Waals surface area (Å²) in [4.78, 5) is 20.7. The van der Waals surface area contributed by atoms with Gasteiger partial charge in [-0.1, -0.05) is 55.5 Å². The molecule has 1 heterocycles. The third-order valence-corrected chi connectivity index (χ3v) is 4.61. The Morgan fingerprint density at radius 1 is 1.16 bits per heavy atom. The van der Waals surface area contributed by atoms with Crippen molar-refractivity contribution < 1.29 is 9.63 Å². The predicted octanol–water partition coefficient (Wildman–Crippen LogP) is 3.73. The molecule has 1 N–H and O–H groups in total. The quantitative estimate of drug-likeness (QED) is 0.903. The van der Waals surface area contributed by atoms with E-state index in [9.17, 15) is 4.79 Å². The number of carbonyl (C=O) groups is 1. The second-order valence-corrected chi connectivity index (χ2v) is 6.15. The van der Waals surface area contributed by atoms with Crippen molar-refractivity contribution in [3.8, 4) is 0 Å².